The maximum atomic E-state index is 5.61. The summed E-state index contributed by atoms with van der Waals surface area (Å²) in [5, 5.41) is 12.2. The van der Waals surface area contributed by atoms with Crippen LogP contribution >= 0.6 is 0 Å². The molecule has 0 saturated carbocycles. The Morgan fingerprint density at radius 1 is 1.32 bits per heavy atom. The number of amidine groups is 1. The molecule has 0 aliphatic rings. The molecule has 0 atom stereocenters. The minimum Gasteiger partial charge on any atom is -0.492 e. The van der Waals surface area contributed by atoms with Gasteiger partial charge in [-0.25, -0.2) is 0 Å². The van der Waals surface area contributed by atoms with Gasteiger partial charge < -0.3 is 10.5 Å². The summed E-state index contributed by atoms with van der Waals surface area (Å²) in [6, 6.07) is 13.7. The smallest absolute Gasteiger partial charge is 0.148 e. The van der Waals surface area contributed by atoms with Crippen molar-refractivity contribution in [2.24, 2.45) is 15.8 Å². The van der Waals surface area contributed by atoms with Crippen molar-refractivity contribution >= 4 is 23.5 Å². The predicted octanol–water partition coefficient (Wildman–Crippen LogP) is 2.15. The Balaban J connectivity index is 2.03. The number of aromatic amines is 1. The fourth-order valence-corrected chi connectivity index (χ4v) is 2.61. The summed E-state index contributed by atoms with van der Waals surface area (Å²) in [5.41, 5.74) is 11.9. The molecule has 128 valence electrons. The van der Waals surface area contributed by atoms with Crippen LogP contribution < -0.4 is 15.9 Å². The molecule has 7 nitrogen and oxygen atoms in total. The van der Waals surface area contributed by atoms with Gasteiger partial charge in [0.15, 0.2) is 0 Å². The highest BCUT2D eigenvalue weighted by Crippen LogP contribution is 2.29. The van der Waals surface area contributed by atoms with Gasteiger partial charge >= 0.3 is 0 Å². The maximum Gasteiger partial charge on any atom is 0.148 e. The van der Waals surface area contributed by atoms with E-state index in [2.05, 4.69) is 32.4 Å². The van der Waals surface area contributed by atoms with E-state index in [0.717, 1.165) is 33.5 Å². The number of benzene rings is 2. The molecule has 7 heteroatoms. The zero-order valence-corrected chi connectivity index (χ0v) is 14.0. The molecule has 0 amide bonds. The largest absolute Gasteiger partial charge is 0.492 e. The van der Waals surface area contributed by atoms with Crippen molar-refractivity contribution in [3.8, 4) is 17.0 Å². The van der Waals surface area contributed by atoms with E-state index < -0.39 is 0 Å². The summed E-state index contributed by atoms with van der Waals surface area (Å²) in [6.07, 6.45) is 0. The second-order valence-electron chi connectivity index (χ2n) is 5.34. The van der Waals surface area contributed by atoms with Gasteiger partial charge in [-0.15, -0.1) is 0 Å². The van der Waals surface area contributed by atoms with Crippen LogP contribution in [0.1, 0.15) is 5.56 Å². The third kappa shape index (κ3) is 3.51. The number of hydrogen-bond donors (Lipinski definition) is 3. The number of rotatable bonds is 6. The topological polar surface area (TPSA) is 101 Å². The standard InChI is InChI=1S/C18H20N6O/c1-20-18(24-21-2)13-6-7-16-15(11-13)17(23-22-16)12-4-3-5-14(10-12)25-9-8-19/h3-7,10-11H,2,8-9,19H2,1H3,(H,20,24)(H,22,23). The SMILES string of the molecule is C=NN/C(=N\C)c1ccc2[nH]nc(-c3cccc(OCCN)c3)c2c1. The Bertz CT molecular complexity index is 915. The molecule has 0 spiro atoms. The lowest BCUT2D eigenvalue weighted by Gasteiger charge is -2.07. The molecule has 0 aliphatic carbocycles. The number of nitrogens with two attached hydrogens (primary N) is 1. The summed E-state index contributed by atoms with van der Waals surface area (Å²) in [7, 11) is 1.70. The molecule has 0 aliphatic heterocycles. The Labute approximate surface area is 145 Å². The number of fused-ring (bicyclic) bond motifs is 1. The van der Waals surface area contributed by atoms with E-state index in [-0.39, 0.29) is 0 Å². The van der Waals surface area contributed by atoms with E-state index in [4.69, 9.17) is 10.5 Å². The number of aromatic nitrogens is 2. The van der Waals surface area contributed by atoms with Gasteiger partial charge in [-0.3, -0.25) is 15.5 Å². The van der Waals surface area contributed by atoms with E-state index in [1.165, 1.54) is 0 Å². The summed E-state index contributed by atoms with van der Waals surface area (Å²) < 4.78 is 5.61. The van der Waals surface area contributed by atoms with Crippen molar-refractivity contribution in [1.82, 2.24) is 15.6 Å². The van der Waals surface area contributed by atoms with E-state index in [1.54, 1.807) is 7.05 Å². The first kappa shape index (κ1) is 16.7. The molecule has 3 aromatic rings. The monoisotopic (exact) mass is 336 g/mol. The molecule has 1 aromatic heterocycles. The summed E-state index contributed by atoms with van der Waals surface area (Å²) in [5.74, 6) is 1.41. The molecule has 1 heterocycles. The fourth-order valence-electron chi connectivity index (χ4n) is 2.61. The molecule has 0 radical (unpaired) electrons. The van der Waals surface area contributed by atoms with E-state index in [1.807, 2.05) is 42.5 Å². The molecular formula is C18H20N6O. The average Bonchev–Trinajstić information content (AvgIpc) is 3.08. The molecule has 4 N–H and O–H groups in total. The lowest BCUT2D eigenvalue weighted by Crippen LogP contribution is -2.18. The van der Waals surface area contributed by atoms with Gasteiger partial charge in [-0.05, 0) is 30.3 Å². The molecule has 0 fully saturated rings. The van der Waals surface area contributed by atoms with Crippen LogP contribution in [0.25, 0.3) is 22.2 Å². The molecule has 0 unspecified atom stereocenters. The van der Waals surface area contributed by atoms with Gasteiger partial charge in [0.25, 0.3) is 0 Å². The first-order valence-corrected chi connectivity index (χ1v) is 7.87. The Morgan fingerprint density at radius 3 is 2.96 bits per heavy atom. The lowest BCUT2D eigenvalue weighted by atomic mass is 10.0. The van der Waals surface area contributed by atoms with Crippen molar-refractivity contribution in [2.75, 3.05) is 20.2 Å². The quantitative estimate of drug-likeness (QED) is 0.365. The van der Waals surface area contributed by atoms with Crippen LogP contribution in [0.15, 0.2) is 52.6 Å². The molecule has 0 saturated heterocycles. The average molecular weight is 336 g/mol. The summed E-state index contributed by atoms with van der Waals surface area (Å²) in [6.45, 7) is 4.39. The Kier molecular flexibility index (Phi) is 5.06. The number of aliphatic imine (C=N–C) groups is 1. The lowest BCUT2D eigenvalue weighted by molar-refractivity contribution is 0.328. The van der Waals surface area contributed by atoms with Gasteiger partial charge in [0, 0.05) is 36.8 Å². The van der Waals surface area contributed by atoms with Gasteiger partial charge in [0.2, 0.25) is 0 Å². The normalized spacial score (nSPS) is 11.5. The number of nitrogens with zero attached hydrogens (tertiary/aromatic N) is 3. The highest BCUT2D eigenvalue weighted by molar-refractivity contribution is 6.03. The summed E-state index contributed by atoms with van der Waals surface area (Å²) in [4.78, 5) is 4.20. The molecule has 3 rings (SSSR count). The predicted molar refractivity (Wildman–Crippen MR) is 101 cm³/mol. The second kappa shape index (κ2) is 7.59. The molecule has 0 bridgehead atoms. The number of hydrazone groups is 1. The number of ether oxygens (including phenoxy) is 1. The zero-order valence-electron chi connectivity index (χ0n) is 14.0. The van der Waals surface area contributed by atoms with E-state index in [9.17, 15) is 0 Å². The van der Waals surface area contributed by atoms with Crippen LogP contribution in [0.3, 0.4) is 0 Å². The van der Waals surface area contributed by atoms with Crippen molar-refractivity contribution in [2.45, 2.75) is 0 Å². The van der Waals surface area contributed by atoms with Gasteiger partial charge in [0.05, 0.1) is 5.52 Å². The van der Waals surface area contributed by atoms with Gasteiger partial charge in [0.1, 0.15) is 23.9 Å². The molecule has 2 aromatic carbocycles. The first-order valence-electron chi connectivity index (χ1n) is 7.87. The number of H-pyrrole nitrogens is 1. The van der Waals surface area contributed by atoms with Crippen LogP contribution in [0, 0.1) is 0 Å². The van der Waals surface area contributed by atoms with Crippen molar-refractivity contribution in [3.63, 3.8) is 0 Å². The fraction of sp³-hybridized carbons (Fsp3) is 0.167. The van der Waals surface area contributed by atoms with Crippen LogP contribution in [0.4, 0.5) is 0 Å². The third-order valence-electron chi connectivity index (χ3n) is 3.74. The van der Waals surface area contributed by atoms with Crippen molar-refractivity contribution < 1.29 is 4.74 Å². The minimum absolute atomic E-state index is 0.475. The summed E-state index contributed by atoms with van der Waals surface area (Å²) >= 11 is 0. The maximum absolute atomic E-state index is 5.61. The van der Waals surface area contributed by atoms with E-state index >= 15 is 0 Å². The highest BCUT2D eigenvalue weighted by atomic mass is 16.5. The Hall–Kier alpha value is -3.19. The number of nitrogens with one attached hydrogen (secondary N) is 2. The van der Waals surface area contributed by atoms with Gasteiger partial charge in [-0.2, -0.15) is 10.2 Å². The first-order chi connectivity index (χ1) is 12.3. The van der Waals surface area contributed by atoms with Crippen LogP contribution in [-0.4, -0.2) is 42.9 Å². The molecule has 25 heavy (non-hydrogen) atoms. The van der Waals surface area contributed by atoms with Crippen LogP contribution in [0.2, 0.25) is 0 Å². The molecular weight excluding hydrogens is 316 g/mol. The van der Waals surface area contributed by atoms with E-state index in [0.29, 0.717) is 19.0 Å². The van der Waals surface area contributed by atoms with Crippen molar-refractivity contribution in [1.29, 1.82) is 0 Å². The third-order valence-corrected chi connectivity index (χ3v) is 3.74. The zero-order chi connectivity index (χ0) is 17.6. The van der Waals surface area contributed by atoms with Gasteiger partial charge in [-0.1, -0.05) is 12.1 Å². The number of hydrogen-bond acceptors (Lipinski definition) is 5. The van der Waals surface area contributed by atoms with Crippen LogP contribution in [0.5, 0.6) is 5.75 Å². The second-order valence-corrected chi connectivity index (χ2v) is 5.34. The Morgan fingerprint density at radius 2 is 2.20 bits per heavy atom. The minimum atomic E-state index is 0.475. The van der Waals surface area contributed by atoms with Crippen molar-refractivity contribution in [3.05, 3.63) is 48.0 Å². The highest BCUT2D eigenvalue weighted by Gasteiger charge is 2.11. The van der Waals surface area contributed by atoms with Crippen LogP contribution in [-0.2, 0) is 0 Å².